The largest absolute Gasteiger partial charge is 0.481 e. The van der Waals surface area contributed by atoms with Gasteiger partial charge >= 0.3 is 5.97 Å². The minimum Gasteiger partial charge on any atom is -0.481 e. The normalized spacial score (nSPS) is 12.4. The summed E-state index contributed by atoms with van der Waals surface area (Å²) in [5, 5.41) is 11.9. The molecule has 0 amide bonds. The van der Waals surface area contributed by atoms with Crippen molar-refractivity contribution >= 4 is 5.97 Å². The van der Waals surface area contributed by atoms with Crippen molar-refractivity contribution in [2.24, 2.45) is 0 Å². The van der Waals surface area contributed by atoms with Crippen LogP contribution in [0.15, 0.2) is 24.5 Å². The first kappa shape index (κ1) is 10.7. The highest BCUT2D eigenvalue weighted by Gasteiger charge is 2.18. The summed E-state index contributed by atoms with van der Waals surface area (Å²) in [5.74, 6) is -1.23. The summed E-state index contributed by atoms with van der Waals surface area (Å²) in [6.45, 7) is 0.694. The van der Waals surface area contributed by atoms with Crippen molar-refractivity contribution in [2.75, 3.05) is 13.6 Å². The maximum atomic E-state index is 11.0. The zero-order valence-corrected chi connectivity index (χ0v) is 8.10. The highest BCUT2D eigenvalue weighted by Crippen LogP contribution is 2.18. The number of aliphatic carboxylic acids is 1. The van der Waals surface area contributed by atoms with Crippen molar-refractivity contribution in [2.45, 2.75) is 12.3 Å². The fourth-order valence-corrected chi connectivity index (χ4v) is 1.32. The van der Waals surface area contributed by atoms with Crippen LogP contribution in [0.25, 0.3) is 0 Å². The van der Waals surface area contributed by atoms with Crippen LogP contribution >= 0.6 is 0 Å². The molecule has 4 heteroatoms. The molecule has 1 aromatic heterocycles. The van der Waals surface area contributed by atoms with E-state index in [1.165, 1.54) is 0 Å². The molecule has 0 aromatic carbocycles. The number of nitrogens with one attached hydrogen (secondary N) is 1. The van der Waals surface area contributed by atoms with Gasteiger partial charge in [-0.1, -0.05) is 0 Å². The summed E-state index contributed by atoms with van der Waals surface area (Å²) < 4.78 is 0. The van der Waals surface area contributed by atoms with Gasteiger partial charge in [-0.05, 0) is 37.7 Å². The number of pyridine rings is 1. The lowest BCUT2D eigenvalue weighted by atomic mass is 9.97. The molecule has 0 saturated heterocycles. The van der Waals surface area contributed by atoms with E-state index in [4.69, 9.17) is 5.11 Å². The van der Waals surface area contributed by atoms with E-state index in [2.05, 4.69) is 10.3 Å². The molecule has 0 aliphatic heterocycles. The van der Waals surface area contributed by atoms with Gasteiger partial charge in [-0.2, -0.15) is 0 Å². The van der Waals surface area contributed by atoms with Crippen LogP contribution < -0.4 is 5.32 Å². The quantitative estimate of drug-likeness (QED) is 0.729. The summed E-state index contributed by atoms with van der Waals surface area (Å²) in [7, 11) is 1.81. The number of carboxylic acids is 1. The van der Waals surface area contributed by atoms with Gasteiger partial charge < -0.3 is 10.4 Å². The average molecular weight is 194 g/mol. The zero-order valence-electron chi connectivity index (χ0n) is 8.10. The SMILES string of the molecule is CNCCC(C(=O)O)c1ccncc1. The van der Waals surface area contributed by atoms with E-state index in [0.717, 1.165) is 5.56 Å². The van der Waals surface area contributed by atoms with Gasteiger partial charge in [-0.3, -0.25) is 9.78 Å². The molecule has 0 fully saturated rings. The third-order valence-corrected chi connectivity index (χ3v) is 2.09. The van der Waals surface area contributed by atoms with Crippen molar-refractivity contribution in [1.29, 1.82) is 0 Å². The second kappa shape index (κ2) is 5.34. The Morgan fingerprint density at radius 1 is 1.57 bits per heavy atom. The lowest BCUT2D eigenvalue weighted by molar-refractivity contribution is -0.138. The number of aromatic nitrogens is 1. The Labute approximate surface area is 83.0 Å². The lowest BCUT2D eigenvalue weighted by Crippen LogP contribution is -2.18. The molecule has 1 rings (SSSR count). The Morgan fingerprint density at radius 3 is 2.71 bits per heavy atom. The predicted octanol–water partition coefficient (Wildman–Crippen LogP) is 0.859. The molecule has 1 aromatic rings. The van der Waals surface area contributed by atoms with Crippen LogP contribution in [-0.4, -0.2) is 29.7 Å². The minimum absolute atomic E-state index is 0.439. The molecule has 1 heterocycles. The highest BCUT2D eigenvalue weighted by atomic mass is 16.4. The fraction of sp³-hybridized carbons (Fsp3) is 0.400. The Morgan fingerprint density at radius 2 is 2.21 bits per heavy atom. The van der Waals surface area contributed by atoms with Crippen LogP contribution in [0.2, 0.25) is 0 Å². The van der Waals surface area contributed by atoms with E-state index in [1.807, 2.05) is 7.05 Å². The van der Waals surface area contributed by atoms with Crippen molar-refractivity contribution in [3.8, 4) is 0 Å². The number of nitrogens with zero attached hydrogens (tertiary/aromatic N) is 1. The van der Waals surface area contributed by atoms with E-state index in [0.29, 0.717) is 13.0 Å². The molecule has 0 radical (unpaired) electrons. The van der Waals surface area contributed by atoms with Gasteiger partial charge in [-0.25, -0.2) is 0 Å². The topological polar surface area (TPSA) is 62.2 Å². The molecule has 1 unspecified atom stereocenters. The monoisotopic (exact) mass is 194 g/mol. The van der Waals surface area contributed by atoms with Crippen LogP contribution in [0, 0.1) is 0 Å². The summed E-state index contributed by atoms with van der Waals surface area (Å²) in [6.07, 6.45) is 3.82. The van der Waals surface area contributed by atoms with Crippen molar-refractivity contribution in [3.63, 3.8) is 0 Å². The van der Waals surface area contributed by atoms with Gasteiger partial charge in [0.05, 0.1) is 5.92 Å². The second-order valence-corrected chi connectivity index (χ2v) is 3.06. The molecular weight excluding hydrogens is 180 g/mol. The van der Waals surface area contributed by atoms with Gasteiger partial charge in [0.2, 0.25) is 0 Å². The Kier molecular flexibility index (Phi) is 4.07. The molecule has 1 atom stereocenters. The van der Waals surface area contributed by atoms with Gasteiger partial charge in [0.15, 0.2) is 0 Å². The number of hydrogen-bond acceptors (Lipinski definition) is 3. The predicted molar refractivity (Wildman–Crippen MR) is 53.2 cm³/mol. The molecule has 0 aliphatic rings. The molecule has 0 bridgehead atoms. The minimum atomic E-state index is -0.786. The van der Waals surface area contributed by atoms with Crippen LogP contribution in [0.1, 0.15) is 17.9 Å². The van der Waals surface area contributed by atoms with Crippen LogP contribution in [0.5, 0.6) is 0 Å². The van der Waals surface area contributed by atoms with Crippen LogP contribution in [0.4, 0.5) is 0 Å². The third kappa shape index (κ3) is 2.81. The number of carbonyl (C=O) groups is 1. The Hall–Kier alpha value is -1.42. The number of rotatable bonds is 5. The average Bonchev–Trinajstić information content (AvgIpc) is 2.19. The highest BCUT2D eigenvalue weighted by molar-refractivity contribution is 5.75. The Bertz CT molecular complexity index is 287. The number of hydrogen-bond donors (Lipinski definition) is 2. The standard InChI is InChI=1S/C10H14N2O2/c1-11-5-4-9(10(13)14)8-2-6-12-7-3-8/h2-3,6-7,9,11H,4-5H2,1H3,(H,13,14). The molecule has 2 N–H and O–H groups in total. The van der Waals surface area contributed by atoms with E-state index < -0.39 is 11.9 Å². The maximum Gasteiger partial charge on any atom is 0.311 e. The van der Waals surface area contributed by atoms with Gasteiger partial charge in [0.1, 0.15) is 0 Å². The summed E-state index contributed by atoms with van der Waals surface area (Å²) in [4.78, 5) is 14.8. The van der Waals surface area contributed by atoms with E-state index in [-0.39, 0.29) is 0 Å². The third-order valence-electron chi connectivity index (χ3n) is 2.09. The maximum absolute atomic E-state index is 11.0. The lowest BCUT2D eigenvalue weighted by Gasteiger charge is -2.11. The van der Waals surface area contributed by atoms with E-state index >= 15 is 0 Å². The molecule has 14 heavy (non-hydrogen) atoms. The van der Waals surface area contributed by atoms with Gasteiger partial charge in [-0.15, -0.1) is 0 Å². The van der Waals surface area contributed by atoms with E-state index in [9.17, 15) is 4.79 Å². The smallest absolute Gasteiger partial charge is 0.311 e. The molecular formula is C10H14N2O2. The molecule has 76 valence electrons. The molecule has 0 spiro atoms. The number of carboxylic acid groups (broad SMARTS) is 1. The Balaban J connectivity index is 2.73. The van der Waals surface area contributed by atoms with Gasteiger partial charge in [0, 0.05) is 12.4 Å². The first-order valence-corrected chi connectivity index (χ1v) is 4.53. The molecule has 0 aliphatic carbocycles. The summed E-state index contributed by atoms with van der Waals surface area (Å²) in [6, 6.07) is 3.49. The first-order valence-electron chi connectivity index (χ1n) is 4.53. The first-order chi connectivity index (χ1) is 6.75. The fourth-order valence-electron chi connectivity index (χ4n) is 1.32. The van der Waals surface area contributed by atoms with Crippen LogP contribution in [-0.2, 0) is 4.79 Å². The summed E-state index contributed by atoms with van der Waals surface area (Å²) >= 11 is 0. The van der Waals surface area contributed by atoms with E-state index in [1.54, 1.807) is 24.5 Å². The molecule has 4 nitrogen and oxygen atoms in total. The molecule has 0 saturated carbocycles. The summed E-state index contributed by atoms with van der Waals surface area (Å²) in [5.41, 5.74) is 0.808. The second-order valence-electron chi connectivity index (χ2n) is 3.06. The van der Waals surface area contributed by atoms with Crippen LogP contribution in [0.3, 0.4) is 0 Å². The van der Waals surface area contributed by atoms with Crippen molar-refractivity contribution in [1.82, 2.24) is 10.3 Å². The van der Waals surface area contributed by atoms with Gasteiger partial charge in [0.25, 0.3) is 0 Å². The zero-order chi connectivity index (χ0) is 10.4. The van der Waals surface area contributed by atoms with Crippen molar-refractivity contribution in [3.05, 3.63) is 30.1 Å². The van der Waals surface area contributed by atoms with Crippen molar-refractivity contribution < 1.29 is 9.90 Å².